The van der Waals surface area contributed by atoms with Crippen molar-refractivity contribution in [2.24, 2.45) is 0 Å². The molecule has 0 aromatic heterocycles. The number of rotatable bonds is 3. The average Bonchev–Trinajstić information content (AvgIpc) is 1.86. The van der Waals surface area contributed by atoms with Crippen LogP contribution in [0.5, 0.6) is 0 Å². The maximum Gasteiger partial charge on any atom is 0.238 e. The zero-order valence-electron chi connectivity index (χ0n) is 5.73. The Morgan fingerprint density at radius 2 is 2.10 bits per heavy atom. The molecule has 0 rings (SSSR count). The third kappa shape index (κ3) is 3.62. The minimum Gasteiger partial charge on any atom is -0.284 e. The second-order valence-electron chi connectivity index (χ2n) is 1.94. The van der Waals surface area contributed by atoms with Crippen LogP contribution in [-0.2, 0) is 9.59 Å². The molecule has 0 aliphatic heterocycles. The van der Waals surface area contributed by atoms with Gasteiger partial charge in [-0.15, -0.1) is 0 Å². The molecule has 0 aliphatic carbocycles. The maximum atomic E-state index is 9.99. The largest absolute Gasteiger partial charge is 0.284 e. The van der Waals surface area contributed by atoms with Gasteiger partial charge in [0.05, 0.1) is 5.57 Å². The molecule has 0 bridgehead atoms. The van der Waals surface area contributed by atoms with Gasteiger partial charge in [-0.2, -0.15) is 0 Å². The molecule has 1 radical (unpaired) electrons. The molecule has 0 amide bonds. The molecule has 0 fully saturated rings. The van der Waals surface area contributed by atoms with E-state index in [9.17, 15) is 9.59 Å². The van der Waals surface area contributed by atoms with Gasteiger partial charge in [0.25, 0.3) is 0 Å². The number of hydrogen-bond acceptors (Lipinski definition) is 2. The summed E-state index contributed by atoms with van der Waals surface area (Å²) in [5, 5.41) is 0. The summed E-state index contributed by atoms with van der Waals surface area (Å²) in [5.41, 5.74) is 3.05. The molecule has 10 heavy (non-hydrogen) atoms. The molecule has 0 atom stereocenters. The van der Waals surface area contributed by atoms with Gasteiger partial charge in [0.2, 0.25) is 6.29 Å². The lowest BCUT2D eigenvalue weighted by Crippen LogP contribution is -1.82. The van der Waals surface area contributed by atoms with E-state index in [4.69, 9.17) is 0 Å². The van der Waals surface area contributed by atoms with Crippen LogP contribution in [0.25, 0.3) is 0 Å². The van der Waals surface area contributed by atoms with Gasteiger partial charge >= 0.3 is 0 Å². The summed E-state index contributed by atoms with van der Waals surface area (Å²) in [7, 11) is 0. The van der Waals surface area contributed by atoms with Gasteiger partial charge < -0.3 is 0 Å². The Labute approximate surface area is 59.5 Å². The smallest absolute Gasteiger partial charge is 0.238 e. The Hall–Kier alpha value is -1.36. The van der Waals surface area contributed by atoms with Crippen molar-refractivity contribution in [2.75, 3.05) is 0 Å². The van der Waals surface area contributed by atoms with Gasteiger partial charge in [0.1, 0.15) is 0 Å². The summed E-state index contributed by atoms with van der Waals surface area (Å²) in [5.74, 6) is 1.38. The first-order chi connectivity index (χ1) is 4.70. The third-order valence-corrected chi connectivity index (χ3v) is 0.804. The van der Waals surface area contributed by atoms with Gasteiger partial charge in [0.15, 0.2) is 5.94 Å². The molecule has 0 saturated carbocycles. The highest BCUT2D eigenvalue weighted by Crippen LogP contribution is 2.02. The highest BCUT2D eigenvalue weighted by Gasteiger charge is 1.94. The molecule has 0 heterocycles. The fraction of sp³-hybridized carbons (Fsp3) is 0.250. The quantitative estimate of drug-likeness (QED) is 0.250. The van der Waals surface area contributed by atoms with Crippen molar-refractivity contribution < 1.29 is 9.59 Å². The highest BCUT2D eigenvalue weighted by molar-refractivity contribution is 5.76. The monoisotopic (exact) mass is 135 g/mol. The van der Waals surface area contributed by atoms with Gasteiger partial charge in [0, 0.05) is 6.42 Å². The van der Waals surface area contributed by atoms with E-state index in [2.05, 4.69) is 12.3 Å². The van der Waals surface area contributed by atoms with Crippen LogP contribution in [0.3, 0.4) is 0 Å². The number of allylic oxidation sites excluding steroid dienone is 2. The van der Waals surface area contributed by atoms with Crippen molar-refractivity contribution in [2.45, 2.75) is 13.3 Å². The van der Waals surface area contributed by atoms with Crippen LogP contribution in [0.4, 0.5) is 0 Å². The van der Waals surface area contributed by atoms with Crippen molar-refractivity contribution in [3.05, 3.63) is 23.5 Å². The van der Waals surface area contributed by atoms with Gasteiger partial charge in [-0.3, -0.25) is 4.79 Å². The molecular formula is C8H7O2. The lowest BCUT2D eigenvalue weighted by atomic mass is 10.1. The summed E-state index contributed by atoms with van der Waals surface area (Å²) < 4.78 is 0. The first-order valence-electron chi connectivity index (χ1n) is 2.72. The lowest BCUT2D eigenvalue weighted by Gasteiger charge is -1.90. The average molecular weight is 135 g/mol. The van der Waals surface area contributed by atoms with Crippen molar-refractivity contribution >= 4 is 12.2 Å². The summed E-state index contributed by atoms with van der Waals surface area (Å²) in [6.07, 6.45) is 1.91. The second kappa shape index (κ2) is 4.51. The molecule has 2 nitrogen and oxygen atoms in total. The lowest BCUT2D eigenvalue weighted by molar-refractivity contribution is 0.560. The van der Waals surface area contributed by atoms with Crippen LogP contribution in [0, 0.1) is 0 Å². The number of hydrogen-bond donors (Lipinski definition) is 0. The molecule has 0 spiro atoms. The summed E-state index contributed by atoms with van der Waals surface area (Å²) in [6.45, 7) is 5.31. The van der Waals surface area contributed by atoms with Crippen LogP contribution >= 0.6 is 0 Å². The molecule has 0 aromatic carbocycles. The summed E-state index contributed by atoms with van der Waals surface area (Å²) in [4.78, 5) is 19.7. The van der Waals surface area contributed by atoms with Gasteiger partial charge in [-0.1, -0.05) is 12.2 Å². The Morgan fingerprint density at radius 1 is 1.50 bits per heavy atom. The minimum absolute atomic E-state index is 0.169. The topological polar surface area (TPSA) is 34.1 Å². The van der Waals surface area contributed by atoms with Crippen molar-refractivity contribution in [3.8, 4) is 0 Å². The first kappa shape index (κ1) is 8.64. The Bertz CT molecular complexity index is 226. The molecule has 0 aromatic rings. The first-order valence-corrected chi connectivity index (χ1v) is 2.72. The highest BCUT2D eigenvalue weighted by atomic mass is 16.1. The van der Waals surface area contributed by atoms with E-state index in [1.807, 2.05) is 0 Å². The Balaban J connectivity index is 4.39. The van der Waals surface area contributed by atoms with Crippen LogP contribution < -0.4 is 0 Å². The van der Waals surface area contributed by atoms with E-state index in [0.29, 0.717) is 6.42 Å². The van der Waals surface area contributed by atoms with E-state index in [-0.39, 0.29) is 5.57 Å². The third-order valence-electron chi connectivity index (χ3n) is 0.804. The van der Waals surface area contributed by atoms with E-state index in [0.717, 1.165) is 5.57 Å². The zero-order valence-corrected chi connectivity index (χ0v) is 5.73. The molecule has 0 aliphatic rings. The van der Waals surface area contributed by atoms with Crippen molar-refractivity contribution in [3.63, 3.8) is 0 Å². The predicted molar refractivity (Wildman–Crippen MR) is 37.8 cm³/mol. The van der Waals surface area contributed by atoms with Crippen LogP contribution in [0.2, 0.25) is 0 Å². The normalized spacial score (nSPS) is 7.30. The van der Waals surface area contributed by atoms with Crippen molar-refractivity contribution in [1.82, 2.24) is 0 Å². The maximum absolute atomic E-state index is 9.99. The van der Waals surface area contributed by atoms with Crippen molar-refractivity contribution in [1.29, 1.82) is 0 Å². The Morgan fingerprint density at radius 3 is 2.40 bits per heavy atom. The predicted octanol–water partition coefficient (Wildman–Crippen LogP) is 0.975. The molecular weight excluding hydrogens is 128 g/mol. The molecule has 0 unspecified atom stereocenters. The van der Waals surface area contributed by atoms with Gasteiger partial charge in [-0.05, 0) is 12.7 Å². The molecule has 51 valence electrons. The summed E-state index contributed by atoms with van der Waals surface area (Å²) in [6, 6.07) is 0. The number of carbonyl (C=O) groups excluding carboxylic acids is 2. The fourth-order valence-corrected chi connectivity index (χ4v) is 0.469. The van der Waals surface area contributed by atoms with E-state index in [1.165, 1.54) is 5.94 Å². The van der Waals surface area contributed by atoms with E-state index in [1.54, 1.807) is 13.2 Å². The van der Waals surface area contributed by atoms with Crippen LogP contribution in [0.1, 0.15) is 13.3 Å². The standard InChI is InChI=1S/C8H7O2/c1-7(2)5-8(6-10)3-4-9/h1,5H2,2H3. The minimum atomic E-state index is 0.169. The van der Waals surface area contributed by atoms with Crippen LogP contribution in [-0.4, -0.2) is 12.2 Å². The Kier molecular flexibility index (Phi) is 3.90. The van der Waals surface area contributed by atoms with Crippen LogP contribution in [0.15, 0.2) is 23.5 Å². The molecule has 0 saturated heterocycles. The van der Waals surface area contributed by atoms with E-state index < -0.39 is 0 Å². The summed E-state index contributed by atoms with van der Waals surface area (Å²) >= 11 is 0. The second-order valence-corrected chi connectivity index (χ2v) is 1.94. The van der Waals surface area contributed by atoms with Gasteiger partial charge in [-0.25, -0.2) is 4.79 Å². The fourth-order valence-electron chi connectivity index (χ4n) is 0.469. The van der Waals surface area contributed by atoms with E-state index >= 15 is 0 Å². The SMILES string of the molecule is C=C(C)CC([C]=O)=C=C=O. The molecule has 2 heteroatoms. The zero-order chi connectivity index (χ0) is 7.98. The molecule has 0 N–H and O–H groups in total.